The van der Waals surface area contributed by atoms with Crippen molar-refractivity contribution in [3.8, 4) is 11.4 Å². The van der Waals surface area contributed by atoms with Gasteiger partial charge in [-0.2, -0.15) is 0 Å². The molecule has 10 nitrogen and oxygen atoms in total. The molecule has 0 bridgehead atoms. The molecule has 2 aromatic heterocycles. The number of rotatable bonds is 9. The smallest absolute Gasteiger partial charge is 0.330 e. The van der Waals surface area contributed by atoms with Crippen LogP contribution < -0.4 is 21.9 Å². The van der Waals surface area contributed by atoms with Crippen LogP contribution in [0.1, 0.15) is 33.3 Å². The topological polar surface area (TPSA) is 132 Å². The van der Waals surface area contributed by atoms with Crippen molar-refractivity contribution < 1.29 is 4.79 Å². The first-order valence-electron chi connectivity index (χ1n) is 11.5. The van der Waals surface area contributed by atoms with E-state index in [4.69, 9.17) is 5.73 Å². The second-order valence-electron chi connectivity index (χ2n) is 9.36. The van der Waals surface area contributed by atoms with E-state index in [1.165, 1.54) is 21.2 Å². The summed E-state index contributed by atoms with van der Waals surface area (Å²) in [6.45, 7) is 10.4. The Hall–Kier alpha value is -3.34. The number of aromatic nitrogens is 5. The van der Waals surface area contributed by atoms with Crippen LogP contribution in [-0.4, -0.2) is 42.5 Å². The maximum absolute atomic E-state index is 13.4. The summed E-state index contributed by atoms with van der Waals surface area (Å²) >= 11 is 1.23. The predicted molar refractivity (Wildman–Crippen MR) is 140 cm³/mol. The Morgan fingerprint density at radius 3 is 2.46 bits per heavy atom. The summed E-state index contributed by atoms with van der Waals surface area (Å²) in [5.41, 5.74) is 7.06. The van der Waals surface area contributed by atoms with Gasteiger partial charge in [0.05, 0.1) is 5.75 Å². The lowest BCUT2D eigenvalue weighted by molar-refractivity contribution is -0.116. The quantitative estimate of drug-likeness (QED) is 0.433. The summed E-state index contributed by atoms with van der Waals surface area (Å²) in [6.07, 6.45) is 0. The molecule has 1 amide bonds. The largest absolute Gasteiger partial charge is 0.383 e. The van der Waals surface area contributed by atoms with Crippen molar-refractivity contribution in [1.82, 2.24) is 24.3 Å². The number of nitrogen functional groups attached to an aromatic ring is 1. The van der Waals surface area contributed by atoms with Crippen molar-refractivity contribution in [3.63, 3.8) is 0 Å². The Bertz CT molecular complexity index is 1320. The molecule has 1 aromatic carbocycles. The third-order valence-corrected chi connectivity index (χ3v) is 6.43. The van der Waals surface area contributed by atoms with Gasteiger partial charge in [0.2, 0.25) is 5.91 Å². The number of thioether (sulfide) groups is 1. The van der Waals surface area contributed by atoms with Gasteiger partial charge < -0.3 is 15.2 Å². The number of hydrogen-bond acceptors (Lipinski definition) is 7. The predicted octanol–water partition coefficient (Wildman–Crippen LogP) is 2.66. The third kappa shape index (κ3) is 5.84. The lowest BCUT2D eigenvalue weighted by Gasteiger charge is -2.26. The summed E-state index contributed by atoms with van der Waals surface area (Å²) in [6, 6.07) is 7.89. The van der Waals surface area contributed by atoms with E-state index in [2.05, 4.69) is 15.2 Å². The molecule has 3 rings (SSSR count). The van der Waals surface area contributed by atoms with E-state index in [-0.39, 0.29) is 41.5 Å². The maximum Gasteiger partial charge on any atom is 0.330 e. The van der Waals surface area contributed by atoms with Crippen LogP contribution in [-0.2, 0) is 18.4 Å². The SMILES string of the molecule is Cc1ccccc1-c1nnc(SCC(=O)N(CC(C)C)c2c(N)n(CC(C)C)c(=O)[nH]c2=O)n1C. The Morgan fingerprint density at radius 2 is 1.83 bits per heavy atom. The van der Waals surface area contributed by atoms with Crippen molar-refractivity contribution in [2.75, 3.05) is 22.9 Å². The van der Waals surface area contributed by atoms with Gasteiger partial charge in [-0.1, -0.05) is 63.7 Å². The zero-order valence-corrected chi connectivity index (χ0v) is 21.8. The van der Waals surface area contributed by atoms with Gasteiger partial charge in [-0.05, 0) is 24.3 Å². The van der Waals surface area contributed by atoms with Crippen LogP contribution in [0.15, 0.2) is 39.0 Å². The number of hydrogen-bond donors (Lipinski definition) is 2. The van der Waals surface area contributed by atoms with E-state index in [0.717, 1.165) is 11.1 Å². The molecule has 3 N–H and O–H groups in total. The fraction of sp³-hybridized carbons (Fsp3) is 0.458. The van der Waals surface area contributed by atoms with Gasteiger partial charge >= 0.3 is 5.69 Å². The van der Waals surface area contributed by atoms with Gasteiger partial charge in [-0.3, -0.25) is 19.1 Å². The fourth-order valence-electron chi connectivity index (χ4n) is 3.77. The molecule has 0 unspecified atom stereocenters. The molecule has 35 heavy (non-hydrogen) atoms. The molecule has 0 radical (unpaired) electrons. The van der Waals surface area contributed by atoms with Gasteiger partial charge in [0.25, 0.3) is 5.56 Å². The average Bonchev–Trinajstić information content (AvgIpc) is 3.14. The number of anilines is 2. The molecule has 3 aromatic rings. The summed E-state index contributed by atoms with van der Waals surface area (Å²) in [5.74, 6) is 0.600. The number of aromatic amines is 1. The molecule has 0 saturated heterocycles. The molecule has 188 valence electrons. The maximum atomic E-state index is 13.4. The molecule has 0 aliphatic heterocycles. The zero-order chi connectivity index (χ0) is 25.9. The van der Waals surface area contributed by atoms with E-state index in [0.29, 0.717) is 17.5 Å². The molecule has 0 fully saturated rings. The van der Waals surface area contributed by atoms with Crippen molar-refractivity contribution >= 4 is 29.2 Å². The third-order valence-electron chi connectivity index (χ3n) is 5.43. The minimum atomic E-state index is -0.674. The zero-order valence-electron chi connectivity index (χ0n) is 21.0. The lowest BCUT2D eigenvalue weighted by atomic mass is 10.1. The number of carbonyl (C=O) groups excluding carboxylic acids is 1. The van der Waals surface area contributed by atoms with Crippen molar-refractivity contribution in [2.45, 2.75) is 46.3 Å². The normalized spacial score (nSPS) is 11.4. The first-order valence-corrected chi connectivity index (χ1v) is 12.5. The molecule has 11 heteroatoms. The number of benzene rings is 1. The number of nitrogens with zero attached hydrogens (tertiary/aromatic N) is 5. The van der Waals surface area contributed by atoms with Crippen LogP contribution in [0.5, 0.6) is 0 Å². The summed E-state index contributed by atoms with van der Waals surface area (Å²) in [7, 11) is 1.85. The number of nitrogens with one attached hydrogen (secondary N) is 1. The van der Waals surface area contributed by atoms with Gasteiger partial charge in [-0.25, -0.2) is 4.79 Å². The molecule has 0 aliphatic rings. The molecule has 0 spiro atoms. The first kappa shape index (κ1) is 26.3. The second kappa shape index (κ2) is 10.9. The summed E-state index contributed by atoms with van der Waals surface area (Å²) < 4.78 is 3.16. The van der Waals surface area contributed by atoms with Crippen LogP contribution in [0, 0.1) is 18.8 Å². The molecule has 0 atom stereocenters. The Labute approximate surface area is 208 Å². The molecule has 0 saturated carbocycles. The minimum absolute atomic E-state index is 0.00288. The van der Waals surface area contributed by atoms with Crippen LogP contribution in [0.4, 0.5) is 11.5 Å². The molecule has 0 aliphatic carbocycles. The molecule has 2 heterocycles. The standard InChI is InChI=1S/C24H33N7O3S/c1-14(2)11-30(19-20(25)31(12-15(3)4)23(34)26-22(19)33)18(32)13-35-24-28-27-21(29(24)6)17-10-8-7-9-16(17)5/h7-10,14-15H,11-13,25H2,1-6H3,(H,26,33,34). The number of amides is 1. The fourth-order valence-corrected chi connectivity index (χ4v) is 4.56. The van der Waals surface area contributed by atoms with Crippen LogP contribution in [0.2, 0.25) is 0 Å². The van der Waals surface area contributed by atoms with Gasteiger partial charge in [0.15, 0.2) is 16.7 Å². The number of nitrogens with two attached hydrogens (primary N) is 1. The van der Waals surface area contributed by atoms with Crippen LogP contribution in [0.3, 0.4) is 0 Å². The summed E-state index contributed by atoms with van der Waals surface area (Å²) in [4.78, 5) is 42.2. The van der Waals surface area contributed by atoms with E-state index >= 15 is 0 Å². The van der Waals surface area contributed by atoms with Crippen LogP contribution in [0.25, 0.3) is 11.4 Å². The highest BCUT2D eigenvalue weighted by atomic mass is 32.2. The number of aryl methyl sites for hydroxylation is 1. The Balaban J connectivity index is 1.90. The number of carbonyl (C=O) groups is 1. The van der Waals surface area contributed by atoms with E-state index < -0.39 is 11.2 Å². The Kier molecular flexibility index (Phi) is 8.21. The Morgan fingerprint density at radius 1 is 1.14 bits per heavy atom. The van der Waals surface area contributed by atoms with Gasteiger partial charge in [0, 0.05) is 25.7 Å². The summed E-state index contributed by atoms with van der Waals surface area (Å²) in [5, 5.41) is 9.14. The first-order chi connectivity index (χ1) is 16.5. The molecular weight excluding hydrogens is 466 g/mol. The van der Waals surface area contributed by atoms with Crippen molar-refractivity contribution in [2.24, 2.45) is 18.9 Å². The van der Waals surface area contributed by atoms with E-state index in [9.17, 15) is 14.4 Å². The van der Waals surface area contributed by atoms with Crippen molar-refractivity contribution in [3.05, 3.63) is 50.7 Å². The monoisotopic (exact) mass is 499 g/mol. The number of H-pyrrole nitrogens is 1. The highest BCUT2D eigenvalue weighted by molar-refractivity contribution is 7.99. The highest BCUT2D eigenvalue weighted by Gasteiger charge is 2.26. The van der Waals surface area contributed by atoms with Crippen molar-refractivity contribution in [1.29, 1.82) is 0 Å². The van der Waals surface area contributed by atoms with Gasteiger partial charge in [-0.15, -0.1) is 10.2 Å². The minimum Gasteiger partial charge on any atom is -0.383 e. The van der Waals surface area contributed by atoms with Gasteiger partial charge in [0.1, 0.15) is 5.82 Å². The van der Waals surface area contributed by atoms with E-state index in [1.807, 2.05) is 70.5 Å². The van der Waals surface area contributed by atoms with Crippen LogP contribution >= 0.6 is 11.8 Å². The molecular formula is C24H33N7O3S. The second-order valence-corrected chi connectivity index (χ2v) is 10.3. The lowest BCUT2D eigenvalue weighted by Crippen LogP contribution is -2.43. The van der Waals surface area contributed by atoms with E-state index in [1.54, 1.807) is 0 Å². The highest BCUT2D eigenvalue weighted by Crippen LogP contribution is 2.26. The average molecular weight is 500 g/mol.